The van der Waals surface area contributed by atoms with Crippen molar-refractivity contribution in [3.63, 3.8) is 0 Å². The Hall–Kier alpha value is -0.810. The van der Waals surface area contributed by atoms with Gasteiger partial charge in [-0.05, 0) is 5.92 Å². The van der Waals surface area contributed by atoms with Crippen LogP contribution in [-0.2, 0) is 0 Å². The summed E-state index contributed by atoms with van der Waals surface area (Å²) < 4.78 is 0. The summed E-state index contributed by atoms with van der Waals surface area (Å²) in [6.07, 6.45) is 1.75. The SMILES string of the molecule is CC(C)/C=C(\C#N)CO. The van der Waals surface area contributed by atoms with Gasteiger partial charge in [-0.1, -0.05) is 19.9 Å². The molecule has 0 fully saturated rings. The molecular formula is C7H11NO. The van der Waals surface area contributed by atoms with Crippen LogP contribution in [-0.4, -0.2) is 11.7 Å². The fourth-order valence-electron chi connectivity index (χ4n) is 0.528. The second kappa shape index (κ2) is 4.11. The minimum absolute atomic E-state index is 0.144. The van der Waals surface area contributed by atoms with Crippen molar-refractivity contribution in [3.05, 3.63) is 11.6 Å². The van der Waals surface area contributed by atoms with Crippen LogP contribution in [0.2, 0.25) is 0 Å². The largest absolute Gasteiger partial charge is 0.391 e. The molecule has 0 aromatic heterocycles. The van der Waals surface area contributed by atoms with Crippen LogP contribution in [0.3, 0.4) is 0 Å². The number of hydrogen-bond acceptors (Lipinski definition) is 2. The lowest BCUT2D eigenvalue weighted by Crippen LogP contribution is -1.89. The number of allylic oxidation sites excluding steroid dienone is 1. The van der Waals surface area contributed by atoms with Crippen molar-refractivity contribution in [2.75, 3.05) is 6.61 Å². The molecule has 0 heterocycles. The van der Waals surface area contributed by atoms with Gasteiger partial charge in [-0.3, -0.25) is 0 Å². The topological polar surface area (TPSA) is 44.0 Å². The standard InChI is InChI=1S/C7H11NO/c1-6(2)3-7(4-8)5-9/h3,6,9H,5H2,1-2H3/b7-3+. The van der Waals surface area contributed by atoms with Crippen LogP contribution in [0, 0.1) is 17.2 Å². The van der Waals surface area contributed by atoms with E-state index in [1.165, 1.54) is 0 Å². The van der Waals surface area contributed by atoms with Gasteiger partial charge in [0.2, 0.25) is 0 Å². The predicted octanol–water partition coefficient (Wildman–Crippen LogP) is 1.08. The Morgan fingerprint density at radius 1 is 1.78 bits per heavy atom. The Morgan fingerprint density at radius 2 is 2.33 bits per heavy atom. The van der Waals surface area contributed by atoms with Crippen molar-refractivity contribution >= 4 is 0 Å². The van der Waals surface area contributed by atoms with Crippen molar-refractivity contribution < 1.29 is 5.11 Å². The Bertz CT molecular complexity index is 141. The van der Waals surface area contributed by atoms with E-state index < -0.39 is 0 Å². The van der Waals surface area contributed by atoms with Gasteiger partial charge >= 0.3 is 0 Å². The van der Waals surface area contributed by atoms with E-state index in [9.17, 15) is 0 Å². The maximum atomic E-state index is 8.48. The van der Waals surface area contributed by atoms with Gasteiger partial charge in [0.1, 0.15) is 0 Å². The van der Waals surface area contributed by atoms with Crippen molar-refractivity contribution in [2.24, 2.45) is 5.92 Å². The Morgan fingerprint density at radius 3 is 2.44 bits per heavy atom. The summed E-state index contributed by atoms with van der Waals surface area (Å²) in [5.41, 5.74) is 0.449. The minimum Gasteiger partial charge on any atom is -0.391 e. The molecule has 0 saturated heterocycles. The molecule has 0 saturated carbocycles. The Labute approximate surface area is 55.4 Å². The molecule has 0 amide bonds. The average Bonchev–Trinajstić information content (AvgIpc) is 1.82. The number of aliphatic hydroxyl groups excluding tert-OH is 1. The summed E-state index contributed by atoms with van der Waals surface area (Å²) in [6.45, 7) is 3.79. The molecule has 2 nitrogen and oxygen atoms in total. The third kappa shape index (κ3) is 3.75. The molecule has 0 aliphatic heterocycles. The van der Waals surface area contributed by atoms with Gasteiger partial charge in [-0.15, -0.1) is 0 Å². The van der Waals surface area contributed by atoms with Crippen LogP contribution < -0.4 is 0 Å². The molecule has 0 aromatic rings. The zero-order valence-corrected chi connectivity index (χ0v) is 5.76. The molecule has 0 aliphatic rings. The second-order valence-corrected chi connectivity index (χ2v) is 2.21. The number of nitrogens with zero attached hydrogens (tertiary/aromatic N) is 1. The maximum absolute atomic E-state index is 8.48. The van der Waals surface area contributed by atoms with E-state index in [1.54, 1.807) is 6.08 Å². The van der Waals surface area contributed by atoms with Crippen LogP contribution in [0.5, 0.6) is 0 Å². The molecule has 0 atom stereocenters. The van der Waals surface area contributed by atoms with Gasteiger partial charge < -0.3 is 5.11 Å². The van der Waals surface area contributed by atoms with Crippen molar-refractivity contribution in [1.82, 2.24) is 0 Å². The highest BCUT2D eigenvalue weighted by Gasteiger charge is 1.92. The molecule has 1 N–H and O–H groups in total. The first-order valence-electron chi connectivity index (χ1n) is 2.92. The summed E-state index contributed by atoms with van der Waals surface area (Å²) in [4.78, 5) is 0. The maximum Gasteiger partial charge on any atom is 0.0968 e. The van der Waals surface area contributed by atoms with Crippen LogP contribution in [0.25, 0.3) is 0 Å². The van der Waals surface area contributed by atoms with Gasteiger partial charge in [0.25, 0.3) is 0 Å². The van der Waals surface area contributed by atoms with Gasteiger partial charge in [0, 0.05) is 0 Å². The van der Waals surface area contributed by atoms with Crippen LogP contribution >= 0.6 is 0 Å². The molecule has 0 radical (unpaired) electrons. The van der Waals surface area contributed by atoms with Crippen LogP contribution in [0.1, 0.15) is 13.8 Å². The molecule has 0 unspecified atom stereocenters. The highest BCUT2D eigenvalue weighted by molar-refractivity contribution is 5.20. The quantitative estimate of drug-likeness (QED) is 0.561. The van der Waals surface area contributed by atoms with E-state index in [2.05, 4.69) is 0 Å². The van der Waals surface area contributed by atoms with E-state index in [0.717, 1.165) is 0 Å². The smallest absolute Gasteiger partial charge is 0.0968 e. The monoisotopic (exact) mass is 125 g/mol. The summed E-state index contributed by atoms with van der Waals surface area (Å²) in [5.74, 6) is 0.340. The number of nitriles is 1. The van der Waals surface area contributed by atoms with Gasteiger partial charge in [-0.25, -0.2) is 0 Å². The number of aliphatic hydroxyl groups is 1. The lowest BCUT2D eigenvalue weighted by Gasteiger charge is -1.94. The summed E-state index contributed by atoms with van der Waals surface area (Å²) in [7, 11) is 0. The first-order valence-corrected chi connectivity index (χ1v) is 2.92. The average molecular weight is 125 g/mol. The normalized spacial score (nSPS) is 11.7. The predicted molar refractivity (Wildman–Crippen MR) is 35.6 cm³/mol. The first-order chi connectivity index (χ1) is 4.20. The molecule has 0 aromatic carbocycles. The zero-order valence-electron chi connectivity index (χ0n) is 5.76. The van der Waals surface area contributed by atoms with Crippen molar-refractivity contribution in [1.29, 1.82) is 5.26 Å². The molecule has 2 heteroatoms. The molecule has 50 valence electrons. The van der Waals surface area contributed by atoms with Gasteiger partial charge in [0.05, 0.1) is 18.2 Å². The number of rotatable bonds is 2. The highest BCUT2D eigenvalue weighted by atomic mass is 16.3. The minimum atomic E-state index is -0.144. The Balaban J connectivity index is 3.96. The third-order valence-electron chi connectivity index (χ3n) is 0.848. The molecule has 9 heavy (non-hydrogen) atoms. The lowest BCUT2D eigenvalue weighted by molar-refractivity contribution is 0.335. The summed E-state index contributed by atoms with van der Waals surface area (Å²) >= 11 is 0. The van der Waals surface area contributed by atoms with E-state index in [1.807, 2.05) is 19.9 Å². The molecule has 0 rings (SSSR count). The molecule has 0 aliphatic carbocycles. The fourth-order valence-corrected chi connectivity index (χ4v) is 0.528. The summed E-state index contributed by atoms with van der Waals surface area (Å²) in [5, 5.41) is 16.8. The van der Waals surface area contributed by atoms with Crippen molar-refractivity contribution in [2.45, 2.75) is 13.8 Å². The van der Waals surface area contributed by atoms with E-state index >= 15 is 0 Å². The van der Waals surface area contributed by atoms with E-state index in [-0.39, 0.29) is 6.61 Å². The van der Waals surface area contributed by atoms with Crippen molar-refractivity contribution in [3.8, 4) is 6.07 Å². The molecule has 0 bridgehead atoms. The second-order valence-electron chi connectivity index (χ2n) is 2.21. The van der Waals surface area contributed by atoms with E-state index in [0.29, 0.717) is 11.5 Å². The van der Waals surface area contributed by atoms with E-state index in [4.69, 9.17) is 10.4 Å². The Kier molecular flexibility index (Phi) is 3.74. The lowest BCUT2D eigenvalue weighted by atomic mass is 10.1. The van der Waals surface area contributed by atoms with Crippen LogP contribution in [0.4, 0.5) is 0 Å². The zero-order chi connectivity index (χ0) is 7.28. The molecule has 0 spiro atoms. The number of hydrogen-bond donors (Lipinski definition) is 1. The van der Waals surface area contributed by atoms with Crippen LogP contribution in [0.15, 0.2) is 11.6 Å². The van der Waals surface area contributed by atoms with Gasteiger partial charge in [-0.2, -0.15) is 5.26 Å². The third-order valence-corrected chi connectivity index (χ3v) is 0.848. The first kappa shape index (κ1) is 8.19. The fraction of sp³-hybridized carbons (Fsp3) is 0.571. The van der Waals surface area contributed by atoms with Gasteiger partial charge in [0.15, 0.2) is 0 Å². The highest BCUT2D eigenvalue weighted by Crippen LogP contribution is 1.99. The summed E-state index contributed by atoms with van der Waals surface area (Å²) in [6, 6.07) is 1.89. The molecular weight excluding hydrogens is 114 g/mol.